The Labute approximate surface area is 107 Å². The van der Waals surface area contributed by atoms with Crippen LogP contribution in [0.2, 0.25) is 5.02 Å². The second-order valence-corrected chi connectivity index (χ2v) is 5.54. The van der Waals surface area contributed by atoms with E-state index in [0.29, 0.717) is 5.92 Å². The zero-order valence-electron chi connectivity index (χ0n) is 9.64. The second-order valence-electron chi connectivity index (χ2n) is 4.51. The van der Waals surface area contributed by atoms with Crippen LogP contribution in [0.15, 0.2) is 18.2 Å². The predicted molar refractivity (Wildman–Crippen MR) is 68.8 cm³/mol. The monoisotopic (exact) mass is 262 g/mol. The van der Waals surface area contributed by atoms with Gasteiger partial charge in [-0.25, -0.2) is 4.39 Å². The van der Waals surface area contributed by atoms with Gasteiger partial charge in [0.25, 0.3) is 0 Å². The summed E-state index contributed by atoms with van der Waals surface area (Å²) in [6.07, 6.45) is 2.76. The Morgan fingerprint density at radius 2 is 2.00 bits per heavy atom. The molecule has 90 valence electrons. The van der Waals surface area contributed by atoms with E-state index in [2.05, 4.69) is 13.8 Å². The van der Waals surface area contributed by atoms with Crippen LogP contribution >= 0.6 is 23.2 Å². The molecule has 0 N–H and O–H groups in total. The van der Waals surface area contributed by atoms with Crippen molar-refractivity contribution in [2.24, 2.45) is 5.92 Å². The molecule has 0 bridgehead atoms. The number of hydrogen-bond acceptors (Lipinski definition) is 0. The standard InChI is InChI=1S/C13H17Cl2F/c1-9(2)7-11(14)5-3-10-4-6-13(16)12(15)8-10/h4,6,8-9,11H,3,5,7H2,1-2H3. The summed E-state index contributed by atoms with van der Waals surface area (Å²) in [6.45, 7) is 4.31. The number of halogens is 3. The maximum Gasteiger partial charge on any atom is 0.141 e. The van der Waals surface area contributed by atoms with Crippen molar-refractivity contribution < 1.29 is 4.39 Å². The van der Waals surface area contributed by atoms with Gasteiger partial charge in [-0.3, -0.25) is 0 Å². The third-order valence-electron chi connectivity index (χ3n) is 2.46. The van der Waals surface area contributed by atoms with Crippen LogP contribution in [0.1, 0.15) is 32.3 Å². The molecule has 0 saturated carbocycles. The quantitative estimate of drug-likeness (QED) is 0.651. The van der Waals surface area contributed by atoms with Gasteiger partial charge in [-0.1, -0.05) is 31.5 Å². The van der Waals surface area contributed by atoms with Crippen molar-refractivity contribution in [3.63, 3.8) is 0 Å². The fourth-order valence-electron chi connectivity index (χ4n) is 1.65. The Balaban J connectivity index is 2.45. The van der Waals surface area contributed by atoms with Gasteiger partial charge in [0.2, 0.25) is 0 Å². The van der Waals surface area contributed by atoms with Crippen molar-refractivity contribution in [1.29, 1.82) is 0 Å². The lowest BCUT2D eigenvalue weighted by Gasteiger charge is -2.11. The second kappa shape index (κ2) is 6.46. The molecule has 1 aromatic rings. The molecule has 0 amide bonds. The van der Waals surface area contributed by atoms with E-state index in [4.69, 9.17) is 23.2 Å². The highest BCUT2D eigenvalue weighted by atomic mass is 35.5. The molecule has 16 heavy (non-hydrogen) atoms. The van der Waals surface area contributed by atoms with Crippen LogP contribution in [0.5, 0.6) is 0 Å². The van der Waals surface area contributed by atoms with Crippen LogP contribution < -0.4 is 0 Å². The lowest BCUT2D eigenvalue weighted by atomic mass is 10.0. The highest BCUT2D eigenvalue weighted by molar-refractivity contribution is 6.30. The maximum atomic E-state index is 12.9. The Kier molecular flexibility index (Phi) is 5.57. The van der Waals surface area contributed by atoms with Crippen LogP contribution in [0, 0.1) is 11.7 Å². The van der Waals surface area contributed by atoms with Gasteiger partial charge in [-0.05, 0) is 42.9 Å². The first kappa shape index (κ1) is 13.8. The Morgan fingerprint density at radius 3 is 2.56 bits per heavy atom. The molecule has 0 aromatic heterocycles. The minimum atomic E-state index is -0.366. The van der Waals surface area contributed by atoms with Gasteiger partial charge in [-0.15, -0.1) is 11.6 Å². The summed E-state index contributed by atoms with van der Waals surface area (Å²) in [5.74, 6) is 0.245. The van der Waals surface area contributed by atoms with Gasteiger partial charge >= 0.3 is 0 Å². The third-order valence-corrected chi connectivity index (χ3v) is 3.14. The fourth-order valence-corrected chi connectivity index (χ4v) is 2.32. The van der Waals surface area contributed by atoms with E-state index < -0.39 is 0 Å². The van der Waals surface area contributed by atoms with Crippen LogP contribution in [0.25, 0.3) is 0 Å². The molecule has 0 heterocycles. The molecule has 0 aliphatic heterocycles. The minimum absolute atomic E-state index is 0.184. The fraction of sp³-hybridized carbons (Fsp3) is 0.538. The largest absolute Gasteiger partial charge is 0.205 e. The Bertz CT molecular complexity index is 337. The van der Waals surface area contributed by atoms with E-state index in [1.807, 2.05) is 0 Å². The molecule has 0 nitrogen and oxygen atoms in total. The van der Waals surface area contributed by atoms with Gasteiger partial charge in [0.05, 0.1) is 5.02 Å². The van der Waals surface area contributed by atoms with Crippen molar-refractivity contribution in [2.75, 3.05) is 0 Å². The summed E-state index contributed by atoms with van der Waals surface area (Å²) in [5, 5.41) is 0.372. The van der Waals surface area contributed by atoms with E-state index in [9.17, 15) is 4.39 Å². The molecule has 1 unspecified atom stereocenters. The third kappa shape index (κ3) is 4.71. The molecule has 0 saturated heterocycles. The maximum absolute atomic E-state index is 12.9. The van der Waals surface area contributed by atoms with Crippen LogP contribution in [0.4, 0.5) is 4.39 Å². The number of aryl methyl sites for hydroxylation is 1. The molecule has 1 rings (SSSR count). The first-order valence-electron chi connectivity index (χ1n) is 5.57. The van der Waals surface area contributed by atoms with Crippen molar-refractivity contribution in [3.05, 3.63) is 34.6 Å². The molecule has 0 fully saturated rings. The lowest BCUT2D eigenvalue weighted by Crippen LogP contribution is -2.05. The highest BCUT2D eigenvalue weighted by Crippen LogP contribution is 2.20. The molecule has 0 aliphatic carbocycles. The minimum Gasteiger partial charge on any atom is -0.205 e. The van der Waals surface area contributed by atoms with Gasteiger partial charge < -0.3 is 0 Å². The first-order valence-corrected chi connectivity index (χ1v) is 6.38. The lowest BCUT2D eigenvalue weighted by molar-refractivity contribution is 0.544. The number of alkyl halides is 1. The molecular weight excluding hydrogens is 246 g/mol. The van der Waals surface area contributed by atoms with E-state index in [-0.39, 0.29) is 16.2 Å². The van der Waals surface area contributed by atoms with Gasteiger partial charge in [0.1, 0.15) is 5.82 Å². The summed E-state index contributed by atoms with van der Waals surface area (Å²) in [6, 6.07) is 4.85. The van der Waals surface area contributed by atoms with Gasteiger partial charge in [0, 0.05) is 5.38 Å². The number of rotatable bonds is 5. The van der Waals surface area contributed by atoms with Crippen molar-refractivity contribution in [2.45, 2.75) is 38.5 Å². The van der Waals surface area contributed by atoms with E-state index in [1.165, 1.54) is 6.07 Å². The summed E-state index contributed by atoms with van der Waals surface area (Å²) in [7, 11) is 0. The van der Waals surface area contributed by atoms with E-state index >= 15 is 0 Å². The molecule has 0 aliphatic rings. The topological polar surface area (TPSA) is 0 Å². The first-order chi connectivity index (χ1) is 7.49. The van der Waals surface area contributed by atoms with Crippen molar-refractivity contribution in [1.82, 2.24) is 0 Å². The zero-order chi connectivity index (χ0) is 12.1. The average molecular weight is 263 g/mol. The zero-order valence-corrected chi connectivity index (χ0v) is 11.2. The summed E-state index contributed by atoms with van der Waals surface area (Å²) in [4.78, 5) is 0. The molecule has 1 aromatic carbocycles. The van der Waals surface area contributed by atoms with Crippen LogP contribution in [-0.4, -0.2) is 5.38 Å². The summed E-state index contributed by atoms with van der Waals surface area (Å²) >= 11 is 11.9. The molecule has 3 heteroatoms. The predicted octanol–water partition coefficient (Wildman–Crippen LogP) is 5.07. The summed E-state index contributed by atoms with van der Waals surface area (Å²) in [5.41, 5.74) is 1.04. The van der Waals surface area contributed by atoms with E-state index in [1.54, 1.807) is 12.1 Å². The van der Waals surface area contributed by atoms with Crippen LogP contribution in [0.3, 0.4) is 0 Å². The molecular formula is C13H17Cl2F. The van der Waals surface area contributed by atoms with Crippen LogP contribution in [-0.2, 0) is 6.42 Å². The average Bonchev–Trinajstić information content (AvgIpc) is 2.19. The molecule has 1 atom stereocenters. The van der Waals surface area contributed by atoms with Crippen molar-refractivity contribution >= 4 is 23.2 Å². The Morgan fingerprint density at radius 1 is 1.31 bits per heavy atom. The normalized spacial score (nSPS) is 13.1. The van der Waals surface area contributed by atoms with E-state index in [0.717, 1.165) is 24.8 Å². The highest BCUT2D eigenvalue weighted by Gasteiger charge is 2.08. The van der Waals surface area contributed by atoms with Gasteiger partial charge in [-0.2, -0.15) is 0 Å². The number of hydrogen-bond donors (Lipinski definition) is 0. The molecule has 0 radical (unpaired) electrons. The summed E-state index contributed by atoms with van der Waals surface area (Å²) < 4.78 is 12.9. The smallest absolute Gasteiger partial charge is 0.141 e. The SMILES string of the molecule is CC(C)CC(Cl)CCc1ccc(F)c(Cl)c1. The number of benzene rings is 1. The van der Waals surface area contributed by atoms with Gasteiger partial charge in [0.15, 0.2) is 0 Å². The molecule has 0 spiro atoms. The van der Waals surface area contributed by atoms with Crippen molar-refractivity contribution in [3.8, 4) is 0 Å². The Hall–Kier alpha value is -0.270.